The van der Waals surface area contributed by atoms with Crippen molar-refractivity contribution in [3.63, 3.8) is 0 Å². The minimum atomic E-state index is -0.635. The zero-order chi connectivity index (χ0) is 23.6. The summed E-state index contributed by atoms with van der Waals surface area (Å²) in [7, 11) is 3.13. The normalized spacial score (nSPS) is 15.6. The van der Waals surface area contributed by atoms with Gasteiger partial charge in [-0.1, -0.05) is 26.0 Å². The van der Waals surface area contributed by atoms with E-state index in [2.05, 4.69) is 5.32 Å². The Labute approximate surface area is 194 Å². The quantitative estimate of drug-likeness (QED) is 0.533. The van der Waals surface area contributed by atoms with E-state index in [1.807, 2.05) is 44.2 Å². The predicted octanol–water partition coefficient (Wildman–Crippen LogP) is 4.51. The molecule has 1 aliphatic carbocycles. The van der Waals surface area contributed by atoms with Crippen LogP contribution < -0.4 is 19.5 Å². The van der Waals surface area contributed by atoms with Gasteiger partial charge in [0.1, 0.15) is 18.1 Å². The van der Waals surface area contributed by atoms with Gasteiger partial charge in [0.25, 0.3) is 5.91 Å². The lowest BCUT2D eigenvalue weighted by Crippen LogP contribution is -2.29. The maximum Gasteiger partial charge on any atom is 0.315 e. The number of hydrogen-bond acceptors (Lipinski definition) is 6. The number of ether oxygens (including phenoxy) is 4. The molecule has 0 saturated heterocycles. The second kappa shape index (κ2) is 9.33. The van der Waals surface area contributed by atoms with Crippen molar-refractivity contribution in [3.05, 3.63) is 41.5 Å². The number of nitrogens with one attached hydrogen (secondary N) is 1. The third-order valence-electron chi connectivity index (χ3n) is 6.60. The van der Waals surface area contributed by atoms with E-state index in [1.54, 1.807) is 14.2 Å². The van der Waals surface area contributed by atoms with Gasteiger partial charge >= 0.3 is 5.97 Å². The molecule has 4 rings (SSSR count). The van der Waals surface area contributed by atoms with E-state index in [9.17, 15) is 9.59 Å². The van der Waals surface area contributed by atoms with Gasteiger partial charge in [0, 0.05) is 17.7 Å². The maximum absolute atomic E-state index is 12.9. The summed E-state index contributed by atoms with van der Waals surface area (Å²) >= 11 is 0. The fourth-order valence-electron chi connectivity index (χ4n) is 4.26. The van der Waals surface area contributed by atoms with Crippen LogP contribution in [0, 0.1) is 5.41 Å². The summed E-state index contributed by atoms with van der Waals surface area (Å²) in [4.78, 5) is 25.1. The van der Waals surface area contributed by atoms with Crippen molar-refractivity contribution < 1.29 is 28.5 Å². The highest BCUT2D eigenvalue weighted by Crippen LogP contribution is 2.51. The molecular weight excluding hydrogens is 422 g/mol. The zero-order valence-corrected chi connectivity index (χ0v) is 19.7. The first kappa shape index (κ1) is 23.0. The summed E-state index contributed by atoms with van der Waals surface area (Å²) in [5, 5.41) is 2.88. The number of benzene rings is 2. The third-order valence-corrected chi connectivity index (χ3v) is 6.60. The molecule has 7 heteroatoms. The van der Waals surface area contributed by atoms with Gasteiger partial charge in [-0.3, -0.25) is 9.59 Å². The van der Waals surface area contributed by atoms with Gasteiger partial charge in [0.05, 0.1) is 14.2 Å². The summed E-state index contributed by atoms with van der Waals surface area (Å²) in [5.41, 5.74) is 2.59. The van der Waals surface area contributed by atoms with E-state index in [-0.39, 0.29) is 24.6 Å². The van der Waals surface area contributed by atoms with Crippen molar-refractivity contribution in [3.8, 4) is 28.4 Å². The Morgan fingerprint density at radius 3 is 2.36 bits per heavy atom. The molecule has 33 heavy (non-hydrogen) atoms. The number of amides is 1. The van der Waals surface area contributed by atoms with E-state index >= 15 is 0 Å². The van der Waals surface area contributed by atoms with E-state index in [0.717, 1.165) is 42.4 Å². The maximum atomic E-state index is 12.9. The average molecular weight is 454 g/mol. The number of esters is 1. The fourth-order valence-corrected chi connectivity index (χ4v) is 4.26. The Bertz CT molecular complexity index is 1050. The minimum Gasteiger partial charge on any atom is -0.493 e. The van der Waals surface area contributed by atoms with Gasteiger partial charge in [-0.2, -0.15) is 0 Å². The number of hydrogen-bond donors (Lipinski definition) is 1. The zero-order valence-electron chi connectivity index (χ0n) is 19.7. The van der Waals surface area contributed by atoms with E-state index in [4.69, 9.17) is 18.9 Å². The molecule has 0 atom stereocenters. The number of methoxy groups -OCH3 is 2. The van der Waals surface area contributed by atoms with Gasteiger partial charge in [0.15, 0.2) is 11.5 Å². The number of carbonyl (C=O) groups is 2. The summed E-state index contributed by atoms with van der Waals surface area (Å²) in [5.74, 6) is 1.19. The van der Waals surface area contributed by atoms with Crippen LogP contribution in [0.1, 0.15) is 55.5 Å². The number of rotatable bonds is 10. The molecule has 1 heterocycles. The van der Waals surface area contributed by atoms with Gasteiger partial charge in [-0.25, -0.2) is 0 Å². The Hall–Kier alpha value is -3.22. The van der Waals surface area contributed by atoms with Gasteiger partial charge in [-0.05, 0) is 55.0 Å². The lowest BCUT2D eigenvalue weighted by Gasteiger charge is -2.23. The molecule has 1 amide bonds. The summed E-state index contributed by atoms with van der Waals surface area (Å²) < 4.78 is 23.2. The summed E-state index contributed by atoms with van der Waals surface area (Å²) in [6.45, 7) is 4.67. The van der Waals surface area contributed by atoms with E-state index in [1.165, 1.54) is 0 Å². The van der Waals surface area contributed by atoms with Gasteiger partial charge in [-0.15, -0.1) is 0 Å². The van der Waals surface area contributed by atoms with E-state index in [0.29, 0.717) is 29.4 Å². The van der Waals surface area contributed by atoms with Crippen LogP contribution >= 0.6 is 0 Å². The second-order valence-electron chi connectivity index (χ2n) is 8.60. The molecule has 1 fully saturated rings. The first-order valence-corrected chi connectivity index (χ1v) is 11.5. The second-order valence-corrected chi connectivity index (χ2v) is 8.60. The standard InChI is InChI=1S/C26H31NO6/c1-5-16(6-2)33-25(29)26(12-13-26)15-32-22-18(10-11-21(30-3)23(22)31-4)17-8-7-9-19-20(17)14-27-24(19)28/h7-11,16H,5-6,12-15H2,1-4H3,(H,27,28). The largest absolute Gasteiger partial charge is 0.493 e. The Morgan fingerprint density at radius 1 is 1.00 bits per heavy atom. The van der Waals surface area contributed by atoms with Crippen LogP contribution in [0.25, 0.3) is 11.1 Å². The van der Waals surface area contributed by atoms with Crippen molar-refractivity contribution in [2.75, 3.05) is 20.8 Å². The molecule has 0 bridgehead atoms. The van der Waals surface area contributed by atoms with Crippen LogP contribution in [0.5, 0.6) is 17.2 Å². The summed E-state index contributed by atoms with van der Waals surface area (Å²) in [6.07, 6.45) is 2.96. The highest BCUT2D eigenvalue weighted by Gasteiger charge is 2.53. The predicted molar refractivity (Wildman–Crippen MR) is 124 cm³/mol. The first-order chi connectivity index (χ1) is 16.0. The van der Waals surface area contributed by atoms with Crippen LogP contribution in [0.4, 0.5) is 0 Å². The first-order valence-electron chi connectivity index (χ1n) is 11.5. The number of fused-ring (bicyclic) bond motifs is 1. The molecule has 2 aliphatic rings. The third kappa shape index (κ3) is 4.24. The minimum absolute atomic E-state index is 0.0752. The fraction of sp³-hybridized carbons (Fsp3) is 0.462. The van der Waals surface area contributed by atoms with Crippen LogP contribution in [-0.2, 0) is 16.1 Å². The van der Waals surface area contributed by atoms with Gasteiger partial charge < -0.3 is 24.3 Å². The molecule has 0 spiro atoms. The smallest absolute Gasteiger partial charge is 0.315 e. The Morgan fingerprint density at radius 2 is 1.73 bits per heavy atom. The Kier molecular flexibility index (Phi) is 6.49. The highest BCUT2D eigenvalue weighted by atomic mass is 16.6. The lowest BCUT2D eigenvalue weighted by molar-refractivity contribution is -0.157. The topological polar surface area (TPSA) is 83.1 Å². The lowest BCUT2D eigenvalue weighted by atomic mass is 9.95. The highest BCUT2D eigenvalue weighted by molar-refractivity contribution is 6.01. The molecule has 1 aliphatic heterocycles. The number of carbonyl (C=O) groups excluding carboxylic acids is 2. The van der Waals surface area contributed by atoms with E-state index < -0.39 is 5.41 Å². The SMILES string of the molecule is CCC(CC)OC(=O)C1(COc2c(-c3cccc4c3CNC4=O)ccc(OC)c2OC)CC1. The molecule has 7 nitrogen and oxygen atoms in total. The molecule has 0 unspecified atom stereocenters. The van der Waals surface area contributed by atoms with Crippen molar-refractivity contribution in [2.45, 2.75) is 52.2 Å². The summed E-state index contributed by atoms with van der Waals surface area (Å²) in [6, 6.07) is 9.35. The van der Waals surface area contributed by atoms with Crippen molar-refractivity contribution >= 4 is 11.9 Å². The molecule has 0 aromatic heterocycles. The molecule has 2 aromatic rings. The van der Waals surface area contributed by atoms with Crippen LogP contribution in [0.2, 0.25) is 0 Å². The molecule has 176 valence electrons. The monoisotopic (exact) mass is 453 g/mol. The van der Waals surface area contributed by atoms with Crippen LogP contribution in [0.3, 0.4) is 0 Å². The Balaban J connectivity index is 1.68. The molecule has 1 saturated carbocycles. The van der Waals surface area contributed by atoms with Crippen molar-refractivity contribution in [2.24, 2.45) is 5.41 Å². The molecule has 2 aromatic carbocycles. The van der Waals surface area contributed by atoms with Crippen LogP contribution in [-0.4, -0.2) is 38.8 Å². The molecule has 1 N–H and O–H groups in total. The van der Waals surface area contributed by atoms with Crippen molar-refractivity contribution in [1.82, 2.24) is 5.32 Å². The molecular formula is C26H31NO6. The van der Waals surface area contributed by atoms with Crippen molar-refractivity contribution in [1.29, 1.82) is 0 Å². The molecule has 0 radical (unpaired) electrons. The average Bonchev–Trinajstić information content (AvgIpc) is 3.55. The van der Waals surface area contributed by atoms with Gasteiger partial charge in [0.2, 0.25) is 5.75 Å². The van der Waals surface area contributed by atoms with Crippen LogP contribution in [0.15, 0.2) is 30.3 Å².